The van der Waals surface area contributed by atoms with Crippen LogP contribution in [0, 0.1) is 0 Å². The Morgan fingerprint density at radius 3 is 1.50 bits per heavy atom. The molecule has 0 aromatic carbocycles. The lowest BCUT2D eigenvalue weighted by Crippen LogP contribution is -2.27. The van der Waals surface area contributed by atoms with Crippen LogP contribution in [0.15, 0.2) is 0 Å². The summed E-state index contributed by atoms with van der Waals surface area (Å²) in [6, 6.07) is 0. The molecule has 10 heavy (non-hydrogen) atoms. The lowest BCUT2D eigenvalue weighted by atomic mass is 10.5. The first-order valence-corrected chi connectivity index (χ1v) is 5.80. The average Bonchev–Trinajstić information content (AvgIpc) is 1.81. The van der Waals surface area contributed by atoms with Crippen molar-refractivity contribution in [1.82, 2.24) is 0 Å². The fourth-order valence-electron chi connectivity index (χ4n) is 1.25. The molecule has 0 atom stereocenters. The lowest BCUT2D eigenvalue weighted by Gasteiger charge is -2.14. The van der Waals surface area contributed by atoms with Gasteiger partial charge in [0, 0.05) is 0 Å². The zero-order valence-electron chi connectivity index (χ0n) is 7.98. The topological polar surface area (TPSA) is 0 Å². The van der Waals surface area contributed by atoms with Gasteiger partial charge in [0.25, 0.3) is 0 Å². The summed E-state index contributed by atoms with van der Waals surface area (Å²) < 4.78 is 0. The SMILES string of the molecule is CCC[S+](C(C)C)C(C)C. The second-order valence-electron chi connectivity index (χ2n) is 3.27. The smallest absolute Gasteiger partial charge is 0.0609 e. The Hall–Kier alpha value is 0.350. The van der Waals surface area contributed by atoms with Gasteiger partial charge in [0.1, 0.15) is 16.3 Å². The van der Waals surface area contributed by atoms with Crippen LogP contribution >= 0.6 is 0 Å². The van der Waals surface area contributed by atoms with Gasteiger partial charge >= 0.3 is 0 Å². The van der Waals surface area contributed by atoms with Crippen molar-refractivity contribution in [2.45, 2.75) is 51.5 Å². The van der Waals surface area contributed by atoms with Gasteiger partial charge in [-0.2, -0.15) is 0 Å². The van der Waals surface area contributed by atoms with E-state index in [1.165, 1.54) is 12.2 Å². The molecular formula is C9H21S+. The fraction of sp³-hybridized carbons (Fsp3) is 1.00. The summed E-state index contributed by atoms with van der Waals surface area (Å²) >= 11 is 0. The molecule has 0 nitrogen and oxygen atoms in total. The number of hydrogen-bond donors (Lipinski definition) is 0. The van der Waals surface area contributed by atoms with Crippen LogP contribution in [0.3, 0.4) is 0 Å². The van der Waals surface area contributed by atoms with E-state index in [9.17, 15) is 0 Å². The van der Waals surface area contributed by atoms with Crippen LogP contribution in [-0.2, 0) is 10.9 Å². The van der Waals surface area contributed by atoms with E-state index < -0.39 is 0 Å². The Balaban J connectivity index is 3.73. The van der Waals surface area contributed by atoms with Gasteiger partial charge in [-0.15, -0.1) is 0 Å². The van der Waals surface area contributed by atoms with Crippen LogP contribution in [0.4, 0.5) is 0 Å². The van der Waals surface area contributed by atoms with E-state index in [2.05, 4.69) is 34.6 Å². The molecule has 0 spiro atoms. The highest BCUT2D eigenvalue weighted by atomic mass is 32.2. The van der Waals surface area contributed by atoms with Crippen LogP contribution in [0.1, 0.15) is 41.0 Å². The van der Waals surface area contributed by atoms with E-state index in [4.69, 9.17) is 0 Å². The van der Waals surface area contributed by atoms with Gasteiger partial charge in [0.15, 0.2) is 0 Å². The van der Waals surface area contributed by atoms with E-state index in [-0.39, 0.29) is 0 Å². The Labute approximate surface area is 68.7 Å². The molecule has 0 radical (unpaired) electrons. The molecule has 0 aromatic rings. The van der Waals surface area contributed by atoms with E-state index in [0.29, 0.717) is 10.9 Å². The van der Waals surface area contributed by atoms with Gasteiger partial charge in [-0.3, -0.25) is 0 Å². The fourth-order valence-corrected chi connectivity index (χ4v) is 3.75. The highest BCUT2D eigenvalue weighted by molar-refractivity contribution is 7.97. The summed E-state index contributed by atoms with van der Waals surface area (Å²) in [6.45, 7) is 11.7. The lowest BCUT2D eigenvalue weighted by molar-refractivity contribution is 0.988. The third kappa shape index (κ3) is 3.50. The predicted octanol–water partition coefficient (Wildman–Crippen LogP) is 2.83. The van der Waals surface area contributed by atoms with Crippen LogP contribution < -0.4 is 0 Å². The third-order valence-corrected chi connectivity index (χ3v) is 4.95. The molecule has 0 aliphatic rings. The quantitative estimate of drug-likeness (QED) is 0.556. The molecule has 0 unspecified atom stereocenters. The first-order valence-electron chi connectivity index (χ1n) is 4.28. The Bertz CT molecular complexity index is 68.8. The largest absolute Gasteiger partial charge is 0.112 e. The minimum Gasteiger partial charge on any atom is -0.0609 e. The molecule has 0 heterocycles. The summed E-state index contributed by atoms with van der Waals surface area (Å²) in [5.74, 6) is 1.43. The van der Waals surface area contributed by atoms with Gasteiger partial charge in [-0.25, -0.2) is 0 Å². The molecule has 0 fully saturated rings. The Kier molecular flexibility index (Phi) is 5.24. The molecule has 0 saturated carbocycles. The van der Waals surface area contributed by atoms with Crippen molar-refractivity contribution in [2.24, 2.45) is 0 Å². The van der Waals surface area contributed by atoms with Gasteiger partial charge in [-0.05, 0) is 45.0 Å². The summed E-state index contributed by atoms with van der Waals surface area (Å²) in [6.07, 6.45) is 1.35. The minimum atomic E-state index is 0.672. The first kappa shape index (κ1) is 10.3. The van der Waals surface area contributed by atoms with Crippen LogP contribution in [0.5, 0.6) is 0 Å². The normalized spacial score (nSPS) is 12.0. The van der Waals surface area contributed by atoms with Gasteiger partial charge in [0.05, 0.1) is 0 Å². The van der Waals surface area contributed by atoms with E-state index in [1.54, 1.807) is 0 Å². The number of hydrogen-bond acceptors (Lipinski definition) is 0. The number of rotatable bonds is 4. The molecule has 0 bridgehead atoms. The minimum absolute atomic E-state index is 0.672. The molecule has 62 valence electrons. The third-order valence-electron chi connectivity index (χ3n) is 1.65. The summed E-state index contributed by atoms with van der Waals surface area (Å²) in [5.41, 5.74) is 0. The van der Waals surface area contributed by atoms with Crippen LogP contribution in [0.2, 0.25) is 0 Å². The Morgan fingerprint density at radius 2 is 1.40 bits per heavy atom. The summed E-state index contributed by atoms with van der Waals surface area (Å²) in [4.78, 5) is 0. The van der Waals surface area contributed by atoms with Gasteiger partial charge < -0.3 is 0 Å². The molecule has 0 aliphatic heterocycles. The predicted molar refractivity (Wildman–Crippen MR) is 52.8 cm³/mol. The monoisotopic (exact) mass is 161 g/mol. The highest BCUT2D eigenvalue weighted by Gasteiger charge is 2.24. The Morgan fingerprint density at radius 1 is 1.00 bits per heavy atom. The van der Waals surface area contributed by atoms with E-state index in [1.807, 2.05) is 0 Å². The maximum absolute atomic E-state index is 2.35. The maximum atomic E-state index is 2.35. The van der Waals surface area contributed by atoms with Crippen molar-refractivity contribution in [2.75, 3.05) is 5.75 Å². The molecule has 0 aromatic heterocycles. The highest BCUT2D eigenvalue weighted by Crippen LogP contribution is 2.13. The second-order valence-corrected chi connectivity index (χ2v) is 6.50. The van der Waals surface area contributed by atoms with Crippen molar-refractivity contribution in [3.8, 4) is 0 Å². The first-order chi connectivity index (χ1) is 4.59. The van der Waals surface area contributed by atoms with Crippen molar-refractivity contribution in [3.05, 3.63) is 0 Å². The molecule has 0 amide bonds. The van der Waals surface area contributed by atoms with Crippen LogP contribution in [-0.4, -0.2) is 16.3 Å². The summed E-state index contributed by atoms with van der Waals surface area (Å²) in [7, 11) is 0.672. The standard InChI is InChI=1S/C9H21S/c1-6-7-10(8(2)3)9(4)5/h8-9H,6-7H2,1-5H3/q+1. The molecule has 1 heteroatoms. The molecule has 0 N–H and O–H groups in total. The van der Waals surface area contributed by atoms with E-state index >= 15 is 0 Å². The average molecular weight is 161 g/mol. The molecule has 0 saturated heterocycles. The maximum Gasteiger partial charge on any atom is 0.112 e. The van der Waals surface area contributed by atoms with Crippen molar-refractivity contribution in [1.29, 1.82) is 0 Å². The van der Waals surface area contributed by atoms with Crippen molar-refractivity contribution in [3.63, 3.8) is 0 Å². The van der Waals surface area contributed by atoms with Gasteiger partial charge in [0.2, 0.25) is 0 Å². The zero-order chi connectivity index (χ0) is 8.15. The molecule has 0 rings (SSSR count). The second kappa shape index (κ2) is 5.06. The van der Waals surface area contributed by atoms with Crippen LogP contribution in [0.25, 0.3) is 0 Å². The molecular weight excluding hydrogens is 140 g/mol. The zero-order valence-corrected chi connectivity index (χ0v) is 8.79. The van der Waals surface area contributed by atoms with Crippen molar-refractivity contribution >= 4 is 10.9 Å². The van der Waals surface area contributed by atoms with Gasteiger partial charge in [-0.1, -0.05) is 6.92 Å². The van der Waals surface area contributed by atoms with Crippen molar-refractivity contribution < 1.29 is 0 Å². The molecule has 0 aliphatic carbocycles. The van der Waals surface area contributed by atoms with E-state index in [0.717, 1.165) is 10.5 Å². The summed E-state index contributed by atoms with van der Waals surface area (Å²) in [5, 5.41) is 1.78.